The van der Waals surface area contributed by atoms with Gasteiger partial charge in [-0.15, -0.1) is 0 Å². The number of anilines is 1. The molecular formula is C15H27N3O2S. The maximum Gasteiger partial charge on any atom is 0.152 e. The van der Waals surface area contributed by atoms with Crippen molar-refractivity contribution in [2.24, 2.45) is 0 Å². The summed E-state index contributed by atoms with van der Waals surface area (Å²) in [4.78, 5) is 0. The first kappa shape index (κ1) is 16.3. The molecule has 2 atom stereocenters. The third-order valence-corrected chi connectivity index (χ3v) is 6.07. The van der Waals surface area contributed by atoms with E-state index in [1.165, 1.54) is 0 Å². The summed E-state index contributed by atoms with van der Waals surface area (Å²) in [5.74, 6) is 1.47. The molecule has 0 amide bonds. The Morgan fingerprint density at radius 2 is 2.10 bits per heavy atom. The number of sulfone groups is 1. The van der Waals surface area contributed by atoms with Crippen molar-refractivity contribution in [1.29, 1.82) is 0 Å². The Kier molecular flexibility index (Phi) is 4.96. The highest BCUT2D eigenvalue weighted by Gasteiger charge is 2.32. The topological polar surface area (TPSA) is 78.0 Å². The van der Waals surface area contributed by atoms with Crippen LogP contribution in [0, 0.1) is 0 Å². The van der Waals surface area contributed by atoms with Crippen molar-refractivity contribution in [3.05, 3.63) is 11.3 Å². The van der Waals surface area contributed by atoms with E-state index in [0.717, 1.165) is 36.9 Å². The van der Waals surface area contributed by atoms with Crippen molar-refractivity contribution in [3.8, 4) is 0 Å². The fourth-order valence-electron chi connectivity index (χ4n) is 3.22. The number of nitrogen functional groups attached to an aromatic ring is 1. The van der Waals surface area contributed by atoms with E-state index < -0.39 is 9.84 Å². The Morgan fingerprint density at radius 3 is 2.62 bits per heavy atom. The molecule has 1 fully saturated rings. The van der Waals surface area contributed by atoms with E-state index in [2.05, 4.69) is 20.8 Å². The van der Waals surface area contributed by atoms with Crippen LogP contribution in [0.2, 0.25) is 0 Å². The summed E-state index contributed by atoms with van der Waals surface area (Å²) in [6.07, 6.45) is 4.74. The van der Waals surface area contributed by atoms with Crippen molar-refractivity contribution in [2.45, 2.75) is 64.8 Å². The lowest BCUT2D eigenvalue weighted by atomic mass is 9.97. The largest absolute Gasteiger partial charge is 0.384 e. The number of rotatable bonds is 6. The monoisotopic (exact) mass is 313 g/mol. The molecule has 0 saturated carbocycles. The van der Waals surface area contributed by atoms with E-state index >= 15 is 0 Å². The molecule has 2 unspecified atom stereocenters. The number of aromatic nitrogens is 2. The van der Waals surface area contributed by atoms with Crippen LogP contribution >= 0.6 is 0 Å². The Hall–Kier alpha value is -1.04. The normalized spacial score (nSPS) is 22.5. The Bertz CT molecular complexity index is 592. The van der Waals surface area contributed by atoms with E-state index in [1.807, 2.05) is 0 Å². The second kappa shape index (κ2) is 6.38. The van der Waals surface area contributed by atoms with E-state index in [9.17, 15) is 8.42 Å². The van der Waals surface area contributed by atoms with Crippen LogP contribution in [0.3, 0.4) is 0 Å². The van der Waals surface area contributed by atoms with Gasteiger partial charge < -0.3 is 5.73 Å². The molecule has 1 aromatic rings. The summed E-state index contributed by atoms with van der Waals surface area (Å²) < 4.78 is 25.2. The van der Waals surface area contributed by atoms with Gasteiger partial charge in [-0.05, 0) is 19.3 Å². The van der Waals surface area contributed by atoms with Gasteiger partial charge in [-0.3, -0.25) is 0 Å². The van der Waals surface area contributed by atoms with Crippen LogP contribution < -0.4 is 5.73 Å². The molecule has 1 aromatic heterocycles. The highest BCUT2D eigenvalue weighted by Crippen LogP contribution is 2.33. The van der Waals surface area contributed by atoms with Gasteiger partial charge in [0.15, 0.2) is 9.84 Å². The van der Waals surface area contributed by atoms with Crippen LogP contribution in [0.15, 0.2) is 0 Å². The van der Waals surface area contributed by atoms with Gasteiger partial charge in [0.1, 0.15) is 5.82 Å². The van der Waals surface area contributed by atoms with Gasteiger partial charge in [-0.1, -0.05) is 33.6 Å². The quantitative estimate of drug-likeness (QED) is 0.876. The third-order valence-electron chi connectivity index (χ3n) is 4.32. The average molecular weight is 313 g/mol. The SMILES string of the molecule is CCCc1c(C(C)CCC)nn(C2CCS(=O)(=O)C2)c1N. The summed E-state index contributed by atoms with van der Waals surface area (Å²) in [6.45, 7) is 6.48. The van der Waals surface area contributed by atoms with Crippen LogP contribution in [-0.4, -0.2) is 29.7 Å². The van der Waals surface area contributed by atoms with Crippen molar-refractivity contribution < 1.29 is 8.42 Å². The molecule has 0 aliphatic carbocycles. The molecule has 2 rings (SSSR count). The van der Waals surface area contributed by atoms with Gasteiger partial charge >= 0.3 is 0 Å². The van der Waals surface area contributed by atoms with E-state index in [-0.39, 0.29) is 17.5 Å². The molecule has 0 spiro atoms. The second-order valence-corrected chi connectivity index (χ2v) is 8.42. The lowest BCUT2D eigenvalue weighted by Crippen LogP contribution is -2.15. The maximum absolute atomic E-state index is 11.7. The molecule has 21 heavy (non-hydrogen) atoms. The zero-order valence-electron chi connectivity index (χ0n) is 13.3. The minimum atomic E-state index is -2.92. The lowest BCUT2D eigenvalue weighted by molar-refractivity contribution is 0.494. The molecule has 0 bridgehead atoms. The Morgan fingerprint density at radius 1 is 1.38 bits per heavy atom. The second-order valence-electron chi connectivity index (χ2n) is 6.19. The maximum atomic E-state index is 11.7. The molecule has 120 valence electrons. The molecule has 0 aromatic carbocycles. The summed E-state index contributed by atoms with van der Waals surface area (Å²) in [5.41, 5.74) is 8.50. The van der Waals surface area contributed by atoms with E-state index in [1.54, 1.807) is 4.68 Å². The highest BCUT2D eigenvalue weighted by atomic mass is 32.2. The number of nitrogens with two attached hydrogens (primary N) is 1. The van der Waals surface area contributed by atoms with E-state index in [4.69, 9.17) is 10.8 Å². The minimum absolute atomic E-state index is 0.0896. The molecule has 2 heterocycles. The number of hydrogen-bond acceptors (Lipinski definition) is 4. The van der Waals surface area contributed by atoms with Gasteiger partial charge in [-0.25, -0.2) is 13.1 Å². The summed E-state index contributed by atoms with van der Waals surface area (Å²) >= 11 is 0. The van der Waals surface area contributed by atoms with Crippen molar-refractivity contribution in [3.63, 3.8) is 0 Å². The highest BCUT2D eigenvalue weighted by molar-refractivity contribution is 7.91. The zero-order valence-corrected chi connectivity index (χ0v) is 14.1. The van der Waals surface area contributed by atoms with Gasteiger partial charge in [0.25, 0.3) is 0 Å². The summed E-state index contributed by atoms with van der Waals surface area (Å²) in [5, 5.41) is 4.72. The summed E-state index contributed by atoms with van der Waals surface area (Å²) in [7, 11) is -2.92. The predicted octanol–water partition coefficient (Wildman–Crippen LogP) is 2.68. The third kappa shape index (κ3) is 3.42. The van der Waals surface area contributed by atoms with Crippen LogP contribution in [0.25, 0.3) is 0 Å². The number of hydrogen-bond donors (Lipinski definition) is 1. The van der Waals surface area contributed by atoms with Crippen LogP contribution in [0.5, 0.6) is 0 Å². The van der Waals surface area contributed by atoms with Crippen LogP contribution in [0.4, 0.5) is 5.82 Å². The molecule has 1 aliphatic heterocycles. The molecule has 5 nitrogen and oxygen atoms in total. The fraction of sp³-hybridized carbons (Fsp3) is 0.800. The average Bonchev–Trinajstić information content (AvgIpc) is 2.92. The van der Waals surface area contributed by atoms with Crippen LogP contribution in [0.1, 0.15) is 69.7 Å². The molecule has 6 heteroatoms. The van der Waals surface area contributed by atoms with Crippen molar-refractivity contribution >= 4 is 15.7 Å². The van der Waals surface area contributed by atoms with Crippen molar-refractivity contribution in [2.75, 3.05) is 17.2 Å². The van der Waals surface area contributed by atoms with Gasteiger partial charge in [-0.2, -0.15) is 5.10 Å². The molecule has 1 aliphatic rings. The fourth-order valence-corrected chi connectivity index (χ4v) is 4.91. The summed E-state index contributed by atoms with van der Waals surface area (Å²) in [6, 6.07) is -0.0896. The molecule has 1 saturated heterocycles. The minimum Gasteiger partial charge on any atom is -0.384 e. The lowest BCUT2D eigenvalue weighted by Gasteiger charge is -2.10. The van der Waals surface area contributed by atoms with E-state index in [0.29, 0.717) is 18.2 Å². The molecule has 0 radical (unpaired) electrons. The van der Waals surface area contributed by atoms with Gasteiger partial charge in [0.05, 0.1) is 23.2 Å². The van der Waals surface area contributed by atoms with Crippen molar-refractivity contribution in [1.82, 2.24) is 9.78 Å². The first-order valence-corrected chi connectivity index (χ1v) is 9.78. The Labute approximate surface area is 127 Å². The standard InChI is InChI=1S/C15H27N3O2S/c1-4-6-11(3)14-13(7-5-2)15(16)18(17-14)12-8-9-21(19,20)10-12/h11-12H,4-10,16H2,1-3H3. The smallest absolute Gasteiger partial charge is 0.152 e. The van der Waals surface area contributed by atoms with Crippen LogP contribution in [-0.2, 0) is 16.3 Å². The van der Waals surface area contributed by atoms with Gasteiger partial charge in [0, 0.05) is 11.5 Å². The first-order chi connectivity index (χ1) is 9.89. The number of nitrogens with zero attached hydrogens (tertiary/aromatic N) is 2. The van der Waals surface area contributed by atoms with Gasteiger partial charge in [0.2, 0.25) is 0 Å². The molecule has 2 N–H and O–H groups in total. The first-order valence-electron chi connectivity index (χ1n) is 7.96. The predicted molar refractivity (Wildman–Crippen MR) is 86.3 cm³/mol. The Balaban J connectivity index is 2.37. The zero-order chi connectivity index (χ0) is 15.6. The molecular weight excluding hydrogens is 286 g/mol.